The lowest BCUT2D eigenvalue weighted by molar-refractivity contribution is 0.530. The summed E-state index contributed by atoms with van der Waals surface area (Å²) in [5, 5.41) is 3.37. The summed E-state index contributed by atoms with van der Waals surface area (Å²) in [6, 6.07) is 0.500. The van der Waals surface area contributed by atoms with E-state index in [0.717, 1.165) is 12.1 Å². The van der Waals surface area contributed by atoms with Crippen LogP contribution in [0.15, 0.2) is 36.6 Å². The van der Waals surface area contributed by atoms with E-state index >= 15 is 0 Å². The summed E-state index contributed by atoms with van der Waals surface area (Å²) in [4.78, 5) is 0. The molecule has 0 aliphatic carbocycles. The van der Waals surface area contributed by atoms with Crippen LogP contribution in [-0.4, -0.2) is 6.04 Å². The summed E-state index contributed by atoms with van der Waals surface area (Å²) in [7, 11) is 0. The second kappa shape index (κ2) is 7.43. The largest absolute Gasteiger partial charge is 0.382 e. The Balaban J connectivity index is 4.07. The molecule has 0 saturated heterocycles. The maximum atomic E-state index is 3.87. The smallest absolute Gasteiger partial charge is 0.0295 e. The van der Waals surface area contributed by atoms with E-state index < -0.39 is 0 Å². The van der Waals surface area contributed by atoms with Gasteiger partial charge in [-0.2, -0.15) is 0 Å². The lowest BCUT2D eigenvalue weighted by atomic mass is 10.1. The first-order valence-corrected chi connectivity index (χ1v) is 5.31. The number of hydrogen-bond donors (Lipinski definition) is 1. The molecule has 0 aliphatic rings. The van der Waals surface area contributed by atoms with Gasteiger partial charge >= 0.3 is 0 Å². The topological polar surface area (TPSA) is 12.0 Å². The molecular weight excluding hydrogens is 170 g/mol. The fraction of sp³-hybridized carbons (Fsp3) is 0.538. The first-order chi connectivity index (χ1) is 6.60. The summed E-state index contributed by atoms with van der Waals surface area (Å²) in [6.45, 7) is 14.0. The minimum Gasteiger partial charge on any atom is -0.382 e. The van der Waals surface area contributed by atoms with Gasteiger partial charge in [-0.05, 0) is 32.8 Å². The Morgan fingerprint density at radius 3 is 2.50 bits per heavy atom. The van der Waals surface area contributed by atoms with Crippen LogP contribution in [0.1, 0.15) is 40.0 Å². The Morgan fingerprint density at radius 2 is 2.07 bits per heavy atom. The second-order valence-corrected chi connectivity index (χ2v) is 3.88. The summed E-state index contributed by atoms with van der Waals surface area (Å²) >= 11 is 0. The molecule has 0 rings (SSSR count). The molecule has 0 spiro atoms. The van der Waals surface area contributed by atoms with Crippen molar-refractivity contribution in [1.82, 2.24) is 5.32 Å². The van der Waals surface area contributed by atoms with Crippen molar-refractivity contribution in [2.24, 2.45) is 0 Å². The Hall–Kier alpha value is -0.980. The Kier molecular flexibility index (Phi) is 6.91. The van der Waals surface area contributed by atoms with Crippen LogP contribution in [0.2, 0.25) is 0 Å². The minimum atomic E-state index is 0.500. The predicted molar refractivity (Wildman–Crippen MR) is 65.2 cm³/mol. The van der Waals surface area contributed by atoms with Gasteiger partial charge in [0, 0.05) is 11.7 Å². The zero-order valence-corrected chi connectivity index (χ0v) is 9.77. The maximum Gasteiger partial charge on any atom is 0.0295 e. The molecule has 0 aliphatic heterocycles. The van der Waals surface area contributed by atoms with Crippen LogP contribution in [0.25, 0.3) is 0 Å². The van der Waals surface area contributed by atoms with Gasteiger partial charge < -0.3 is 5.32 Å². The van der Waals surface area contributed by atoms with Gasteiger partial charge in [0.15, 0.2) is 0 Å². The molecule has 80 valence electrons. The zero-order valence-electron chi connectivity index (χ0n) is 9.77. The van der Waals surface area contributed by atoms with Crippen LogP contribution in [0, 0.1) is 0 Å². The summed E-state index contributed by atoms with van der Waals surface area (Å²) in [6.07, 6.45) is 7.48. The SMILES string of the molecule is C=CC(=C)NC(CC=C(C)C)CCC. The van der Waals surface area contributed by atoms with Gasteiger partial charge in [-0.15, -0.1) is 0 Å². The normalized spacial score (nSPS) is 11.6. The predicted octanol–water partition coefficient (Wildman–Crippen LogP) is 3.80. The van der Waals surface area contributed by atoms with E-state index in [1.807, 2.05) is 0 Å². The molecule has 0 heterocycles. The second-order valence-electron chi connectivity index (χ2n) is 3.88. The van der Waals surface area contributed by atoms with Gasteiger partial charge in [-0.25, -0.2) is 0 Å². The average Bonchev–Trinajstić information content (AvgIpc) is 2.14. The first kappa shape index (κ1) is 13.0. The maximum absolute atomic E-state index is 3.87. The van der Waals surface area contributed by atoms with Crippen LogP contribution in [-0.2, 0) is 0 Å². The third-order valence-electron chi connectivity index (χ3n) is 2.08. The van der Waals surface area contributed by atoms with Crippen LogP contribution >= 0.6 is 0 Å². The summed E-state index contributed by atoms with van der Waals surface area (Å²) in [5.74, 6) is 0. The lowest BCUT2D eigenvalue weighted by Gasteiger charge is -2.17. The van der Waals surface area contributed by atoms with Gasteiger partial charge in [0.05, 0.1) is 0 Å². The highest BCUT2D eigenvalue weighted by atomic mass is 14.9. The van der Waals surface area contributed by atoms with Crippen molar-refractivity contribution in [1.29, 1.82) is 0 Å². The van der Waals surface area contributed by atoms with E-state index in [9.17, 15) is 0 Å². The Labute approximate surface area is 88.6 Å². The van der Waals surface area contributed by atoms with Crippen LogP contribution in [0.4, 0.5) is 0 Å². The summed E-state index contributed by atoms with van der Waals surface area (Å²) in [5.41, 5.74) is 2.29. The number of hydrogen-bond acceptors (Lipinski definition) is 1. The molecule has 0 aromatic rings. The van der Waals surface area contributed by atoms with Crippen molar-refractivity contribution in [3.63, 3.8) is 0 Å². The molecular formula is C13H23N. The van der Waals surface area contributed by atoms with Crippen molar-refractivity contribution in [3.8, 4) is 0 Å². The molecule has 1 N–H and O–H groups in total. The van der Waals surface area contributed by atoms with Crippen molar-refractivity contribution in [3.05, 3.63) is 36.6 Å². The molecule has 0 aromatic carbocycles. The molecule has 1 heteroatoms. The van der Waals surface area contributed by atoms with Crippen LogP contribution < -0.4 is 5.32 Å². The third-order valence-corrected chi connectivity index (χ3v) is 2.08. The summed E-state index contributed by atoms with van der Waals surface area (Å²) < 4.78 is 0. The van der Waals surface area contributed by atoms with Gasteiger partial charge in [-0.1, -0.05) is 38.2 Å². The van der Waals surface area contributed by atoms with Crippen LogP contribution in [0.5, 0.6) is 0 Å². The van der Waals surface area contributed by atoms with Crippen molar-refractivity contribution >= 4 is 0 Å². The monoisotopic (exact) mass is 193 g/mol. The van der Waals surface area contributed by atoms with E-state index in [4.69, 9.17) is 0 Å². The Bertz CT molecular complexity index is 209. The van der Waals surface area contributed by atoms with Crippen molar-refractivity contribution in [2.75, 3.05) is 0 Å². The molecule has 0 saturated carbocycles. The van der Waals surface area contributed by atoms with Crippen molar-refractivity contribution in [2.45, 2.75) is 46.1 Å². The fourth-order valence-electron chi connectivity index (χ4n) is 1.30. The number of nitrogens with one attached hydrogen (secondary N) is 1. The molecule has 1 unspecified atom stereocenters. The van der Waals surface area contributed by atoms with Gasteiger partial charge in [0.2, 0.25) is 0 Å². The highest BCUT2D eigenvalue weighted by molar-refractivity contribution is 5.10. The zero-order chi connectivity index (χ0) is 11.0. The van der Waals surface area contributed by atoms with E-state index in [-0.39, 0.29) is 0 Å². The number of allylic oxidation sites excluding steroid dienone is 2. The highest BCUT2D eigenvalue weighted by Gasteiger charge is 2.04. The van der Waals surface area contributed by atoms with Gasteiger partial charge in [0.1, 0.15) is 0 Å². The molecule has 0 amide bonds. The minimum absolute atomic E-state index is 0.500. The highest BCUT2D eigenvalue weighted by Crippen LogP contribution is 2.06. The van der Waals surface area contributed by atoms with E-state index in [0.29, 0.717) is 6.04 Å². The average molecular weight is 193 g/mol. The van der Waals surface area contributed by atoms with Gasteiger partial charge in [-0.3, -0.25) is 0 Å². The van der Waals surface area contributed by atoms with E-state index in [1.54, 1.807) is 6.08 Å². The molecule has 14 heavy (non-hydrogen) atoms. The Morgan fingerprint density at radius 1 is 1.43 bits per heavy atom. The molecule has 0 aromatic heterocycles. The van der Waals surface area contributed by atoms with E-state index in [1.165, 1.54) is 18.4 Å². The molecule has 1 nitrogen and oxygen atoms in total. The molecule has 1 atom stereocenters. The van der Waals surface area contributed by atoms with E-state index in [2.05, 4.69) is 45.3 Å². The van der Waals surface area contributed by atoms with Crippen molar-refractivity contribution < 1.29 is 0 Å². The van der Waals surface area contributed by atoms with Crippen LogP contribution in [0.3, 0.4) is 0 Å². The molecule has 0 fully saturated rings. The lowest BCUT2D eigenvalue weighted by Crippen LogP contribution is -2.26. The quantitative estimate of drug-likeness (QED) is 0.479. The molecule has 0 bridgehead atoms. The fourth-order valence-corrected chi connectivity index (χ4v) is 1.30. The van der Waals surface area contributed by atoms with Gasteiger partial charge in [0.25, 0.3) is 0 Å². The third kappa shape index (κ3) is 6.53. The first-order valence-electron chi connectivity index (χ1n) is 5.31. The standard InChI is InChI=1S/C13H23N/c1-6-8-13(10-9-11(3)4)14-12(5)7-2/h7,9,13-14H,2,5-6,8,10H2,1,3-4H3. The number of rotatable bonds is 7. The molecule has 0 radical (unpaired) electrons.